The molecule has 3 N–H and O–H groups in total. The van der Waals surface area contributed by atoms with Crippen LogP contribution in [-0.2, 0) is 4.79 Å². The second kappa shape index (κ2) is 8.32. The maximum atomic E-state index is 11.9. The lowest BCUT2D eigenvalue weighted by atomic mass is 10.3. The van der Waals surface area contributed by atoms with Crippen LogP contribution in [0.3, 0.4) is 0 Å². The van der Waals surface area contributed by atoms with Gasteiger partial charge in [-0.3, -0.25) is 4.79 Å². The number of carbonyl (C=O) groups excluding carboxylic acids is 1. The van der Waals surface area contributed by atoms with Gasteiger partial charge in [-0.1, -0.05) is 45.1 Å². The van der Waals surface area contributed by atoms with E-state index in [0.29, 0.717) is 15.2 Å². The van der Waals surface area contributed by atoms with Gasteiger partial charge in [0.1, 0.15) is 5.75 Å². The fourth-order valence-corrected chi connectivity index (χ4v) is 3.85. The number of benzene rings is 2. The largest absolute Gasteiger partial charge is 0.508 e. The molecule has 0 fully saturated rings. The van der Waals surface area contributed by atoms with Gasteiger partial charge in [-0.05, 0) is 42.5 Å². The lowest BCUT2D eigenvalue weighted by Gasteiger charge is -2.03. The summed E-state index contributed by atoms with van der Waals surface area (Å²) in [5.41, 5.74) is 1.55. The number of rotatable bonds is 6. The fraction of sp³-hybridized carbons (Fsp3) is 0.0625. The van der Waals surface area contributed by atoms with Crippen LogP contribution in [0.4, 0.5) is 16.5 Å². The summed E-state index contributed by atoms with van der Waals surface area (Å²) in [7, 11) is 0. The molecule has 1 amide bonds. The smallest absolute Gasteiger partial charge is 0.234 e. The van der Waals surface area contributed by atoms with Crippen molar-refractivity contribution in [3.63, 3.8) is 0 Å². The van der Waals surface area contributed by atoms with E-state index in [1.807, 2.05) is 24.3 Å². The highest BCUT2D eigenvalue weighted by Crippen LogP contribution is 2.28. The van der Waals surface area contributed by atoms with Crippen molar-refractivity contribution < 1.29 is 9.90 Å². The van der Waals surface area contributed by atoms with Gasteiger partial charge >= 0.3 is 0 Å². The highest BCUT2D eigenvalue weighted by molar-refractivity contribution is 9.10. The monoisotopic (exact) mass is 436 g/mol. The zero-order valence-electron chi connectivity index (χ0n) is 12.8. The molecule has 0 atom stereocenters. The quantitative estimate of drug-likeness (QED) is 0.389. The number of hydrogen-bond donors (Lipinski definition) is 3. The zero-order valence-corrected chi connectivity index (χ0v) is 16.0. The van der Waals surface area contributed by atoms with E-state index in [-0.39, 0.29) is 17.4 Å². The molecule has 0 aliphatic rings. The number of phenols is 1. The maximum absolute atomic E-state index is 11.9. The number of halogens is 1. The molecule has 0 aliphatic heterocycles. The van der Waals surface area contributed by atoms with Crippen LogP contribution in [0.15, 0.2) is 57.3 Å². The molecular formula is C16H13BrN4O2S2. The normalized spacial score (nSPS) is 10.4. The van der Waals surface area contributed by atoms with Crippen LogP contribution in [0.5, 0.6) is 5.75 Å². The minimum absolute atomic E-state index is 0.146. The summed E-state index contributed by atoms with van der Waals surface area (Å²) < 4.78 is 1.68. The number of nitrogens with zero attached hydrogens (tertiary/aromatic N) is 2. The summed E-state index contributed by atoms with van der Waals surface area (Å²) in [5.74, 6) is 0.242. The average molecular weight is 437 g/mol. The molecule has 9 heteroatoms. The Kier molecular flexibility index (Phi) is 5.90. The second-order valence-electron chi connectivity index (χ2n) is 4.89. The van der Waals surface area contributed by atoms with Gasteiger partial charge in [0.05, 0.1) is 5.75 Å². The van der Waals surface area contributed by atoms with Crippen LogP contribution in [0.1, 0.15) is 0 Å². The Balaban J connectivity index is 1.51. The van der Waals surface area contributed by atoms with E-state index in [0.717, 1.165) is 10.2 Å². The third kappa shape index (κ3) is 5.45. The Hall–Kier alpha value is -2.10. The number of anilines is 3. The molecular weight excluding hydrogens is 424 g/mol. The molecule has 128 valence electrons. The predicted octanol–water partition coefficient (Wildman–Crippen LogP) is 4.48. The Bertz CT molecular complexity index is 871. The molecule has 0 bridgehead atoms. The lowest BCUT2D eigenvalue weighted by molar-refractivity contribution is -0.113. The second-order valence-corrected chi connectivity index (χ2v) is 8.01. The number of thioether (sulfide) groups is 1. The Morgan fingerprint density at radius 2 is 1.96 bits per heavy atom. The van der Waals surface area contributed by atoms with Crippen molar-refractivity contribution >= 4 is 61.4 Å². The standard InChI is InChI=1S/C16H13BrN4O2S2/c17-10-2-1-3-12(8-10)19-15-20-21-16(25-15)24-9-14(23)18-11-4-6-13(22)7-5-11/h1-8,22H,9H2,(H,18,23)(H,19,20). The van der Waals surface area contributed by atoms with Gasteiger partial charge in [-0.15, -0.1) is 10.2 Å². The van der Waals surface area contributed by atoms with Gasteiger partial charge in [0.25, 0.3) is 0 Å². The molecule has 0 spiro atoms. The number of hydrogen-bond acceptors (Lipinski definition) is 7. The maximum Gasteiger partial charge on any atom is 0.234 e. The van der Waals surface area contributed by atoms with Crippen molar-refractivity contribution in [2.24, 2.45) is 0 Å². The van der Waals surface area contributed by atoms with E-state index in [2.05, 4.69) is 36.8 Å². The van der Waals surface area contributed by atoms with Crippen LogP contribution in [0.2, 0.25) is 0 Å². The molecule has 2 aromatic carbocycles. The first-order valence-corrected chi connectivity index (χ1v) is 9.76. The number of nitrogens with one attached hydrogen (secondary N) is 2. The van der Waals surface area contributed by atoms with Crippen molar-refractivity contribution in [3.8, 4) is 5.75 Å². The molecule has 0 saturated carbocycles. The average Bonchev–Trinajstić information content (AvgIpc) is 3.03. The zero-order chi connectivity index (χ0) is 17.6. The molecule has 3 aromatic rings. The number of carbonyl (C=O) groups is 1. The van der Waals surface area contributed by atoms with Crippen LogP contribution in [0.25, 0.3) is 0 Å². The third-order valence-electron chi connectivity index (χ3n) is 2.96. The van der Waals surface area contributed by atoms with Crippen LogP contribution < -0.4 is 10.6 Å². The van der Waals surface area contributed by atoms with Crippen molar-refractivity contribution in [2.75, 3.05) is 16.4 Å². The van der Waals surface area contributed by atoms with E-state index in [1.54, 1.807) is 12.1 Å². The van der Waals surface area contributed by atoms with E-state index in [1.165, 1.54) is 35.2 Å². The summed E-state index contributed by atoms with van der Waals surface area (Å²) in [5, 5.41) is 24.0. The van der Waals surface area contributed by atoms with Crippen molar-refractivity contribution in [2.45, 2.75) is 4.34 Å². The van der Waals surface area contributed by atoms with Crippen molar-refractivity contribution in [1.29, 1.82) is 0 Å². The summed E-state index contributed by atoms with van der Waals surface area (Å²) in [4.78, 5) is 11.9. The topological polar surface area (TPSA) is 87.1 Å². The molecule has 25 heavy (non-hydrogen) atoms. The SMILES string of the molecule is O=C(CSc1nnc(Nc2cccc(Br)c2)s1)Nc1ccc(O)cc1. The van der Waals surface area contributed by atoms with Gasteiger partial charge in [0, 0.05) is 15.8 Å². The Labute approximate surface area is 160 Å². The first kappa shape index (κ1) is 17.7. The number of aromatic nitrogens is 2. The number of aromatic hydroxyl groups is 1. The molecule has 3 rings (SSSR count). The van der Waals surface area contributed by atoms with Gasteiger partial charge in [-0.25, -0.2) is 0 Å². The Morgan fingerprint density at radius 3 is 2.72 bits per heavy atom. The molecule has 1 heterocycles. The first-order valence-electron chi connectivity index (χ1n) is 7.16. The van der Waals surface area contributed by atoms with Gasteiger partial charge < -0.3 is 15.7 Å². The van der Waals surface area contributed by atoms with E-state index < -0.39 is 0 Å². The summed E-state index contributed by atoms with van der Waals surface area (Å²) in [6.45, 7) is 0. The summed E-state index contributed by atoms with van der Waals surface area (Å²) in [6, 6.07) is 14.1. The van der Waals surface area contributed by atoms with Gasteiger partial charge in [0.15, 0.2) is 4.34 Å². The molecule has 0 saturated heterocycles. The van der Waals surface area contributed by atoms with Crippen molar-refractivity contribution in [1.82, 2.24) is 10.2 Å². The number of phenolic OH excluding ortho intramolecular Hbond substituents is 1. The summed E-state index contributed by atoms with van der Waals surface area (Å²) in [6.07, 6.45) is 0. The first-order chi connectivity index (χ1) is 12.1. The third-order valence-corrected chi connectivity index (χ3v) is 5.43. The van der Waals surface area contributed by atoms with Gasteiger partial charge in [-0.2, -0.15) is 0 Å². The molecule has 0 aliphatic carbocycles. The van der Waals surface area contributed by atoms with Crippen LogP contribution in [-0.4, -0.2) is 27.0 Å². The minimum Gasteiger partial charge on any atom is -0.508 e. The van der Waals surface area contributed by atoms with Crippen LogP contribution in [0, 0.1) is 0 Å². The van der Waals surface area contributed by atoms with E-state index >= 15 is 0 Å². The molecule has 0 unspecified atom stereocenters. The lowest BCUT2D eigenvalue weighted by Crippen LogP contribution is -2.13. The van der Waals surface area contributed by atoms with Gasteiger partial charge in [0.2, 0.25) is 11.0 Å². The highest BCUT2D eigenvalue weighted by Gasteiger charge is 2.09. The Morgan fingerprint density at radius 1 is 1.16 bits per heavy atom. The highest BCUT2D eigenvalue weighted by atomic mass is 79.9. The predicted molar refractivity (Wildman–Crippen MR) is 105 cm³/mol. The summed E-state index contributed by atoms with van der Waals surface area (Å²) >= 11 is 6.12. The van der Waals surface area contributed by atoms with Crippen LogP contribution >= 0.6 is 39.0 Å². The minimum atomic E-state index is -0.146. The molecule has 6 nitrogen and oxygen atoms in total. The molecule has 0 radical (unpaired) electrons. The van der Waals surface area contributed by atoms with Crippen molar-refractivity contribution in [3.05, 3.63) is 53.0 Å². The van der Waals surface area contributed by atoms with E-state index in [9.17, 15) is 9.90 Å². The van der Waals surface area contributed by atoms with E-state index in [4.69, 9.17) is 0 Å². The number of amides is 1. The molecule has 1 aromatic heterocycles. The fourth-order valence-electron chi connectivity index (χ4n) is 1.88.